The van der Waals surface area contributed by atoms with Gasteiger partial charge in [0.1, 0.15) is 23.0 Å². The predicted octanol–water partition coefficient (Wildman–Crippen LogP) is 7.81. The van der Waals surface area contributed by atoms with Crippen molar-refractivity contribution in [1.82, 2.24) is 0 Å². The largest absolute Gasteiger partial charge is 0.457 e. The van der Waals surface area contributed by atoms with Crippen LogP contribution in [0.2, 0.25) is 0 Å². The number of rotatable bonds is 0. The SMILES string of the molecule is Brc1ccc2c(c1)C1(c3ccccc3Oc3ccccc31)c1cccc(Br)c1O2. The highest BCUT2D eigenvalue weighted by atomic mass is 79.9. The van der Waals surface area contributed by atoms with E-state index in [9.17, 15) is 0 Å². The van der Waals surface area contributed by atoms with Crippen molar-refractivity contribution in [3.63, 3.8) is 0 Å². The lowest BCUT2D eigenvalue weighted by molar-refractivity contribution is 0.398. The molecule has 4 aromatic rings. The topological polar surface area (TPSA) is 18.5 Å². The lowest BCUT2D eigenvalue weighted by Crippen LogP contribution is -2.36. The summed E-state index contributed by atoms with van der Waals surface area (Å²) in [6.45, 7) is 0. The molecule has 0 aromatic heterocycles. The van der Waals surface area contributed by atoms with Crippen LogP contribution in [0.3, 0.4) is 0 Å². The quantitative estimate of drug-likeness (QED) is 0.209. The molecule has 0 aliphatic carbocycles. The van der Waals surface area contributed by atoms with Gasteiger partial charge in [0.2, 0.25) is 0 Å². The maximum atomic E-state index is 6.41. The Bertz CT molecular complexity index is 1250. The number of ether oxygens (including phenoxy) is 2. The number of fused-ring (bicyclic) bond motifs is 8. The highest BCUT2D eigenvalue weighted by Crippen LogP contribution is 2.62. The zero-order chi connectivity index (χ0) is 19.6. The molecule has 4 heteroatoms. The van der Waals surface area contributed by atoms with E-state index in [1.54, 1.807) is 0 Å². The van der Waals surface area contributed by atoms with Crippen LogP contribution in [0.15, 0.2) is 93.9 Å². The molecule has 0 radical (unpaired) electrons. The molecule has 0 bridgehead atoms. The highest BCUT2D eigenvalue weighted by molar-refractivity contribution is 9.10. The molecule has 140 valence electrons. The van der Waals surface area contributed by atoms with Crippen LogP contribution >= 0.6 is 31.9 Å². The van der Waals surface area contributed by atoms with Crippen LogP contribution in [0.5, 0.6) is 23.0 Å². The van der Waals surface area contributed by atoms with Crippen molar-refractivity contribution in [2.45, 2.75) is 5.41 Å². The van der Waals surface area contributed by atoms with E-state index in [-0.39, 0.29) is 0 Å². The van der Waals surface area contributed by atoms with Crippen molar-refractivity contribution in [3.05, 3.63) is 116 Å². The van der Waals surface area contributed by atoms with Crippen LogP contribution in [-0.4, -0.2) is 0 Å². The van der Waals surface area contributed by atoms with Gasteiger partial charge in [-0.05, 0) is 52.3 Å². The van der Waals surface area contributed by atoms with Crippen LogP contribution in [0, 0.1) is 0 Å². The van der Waals surface area contributed by atoms with E-state index in [0.29, 0.717) is 0 Å². The molecule has 0 unspecified atom stereocenters. The molecular formula is C25H14Br2O2. The number of hydrogen-bond acceptors (Lipinski definition) is 2. The third-order valence-electron chi connectivity index (χ3n) is 5.73. The first-order valence-electron chi connectivity index (χ1n) is 9.33. The average Bonchev–Trinajstić information content (AvgIpc) is 2.75. The van der Waals surface area contributed by atoms with E-state index < -0.39 is 5.41 Å². The minimum absolute atomic E-state index is 0.540. The Labute approximate surface area is 185 Å². The van der Waals surface area contributed by atoms with Gasteiger partial charge in [0.15, 0.2) is 0 Å². The average molecular weight is 506 g/mol. The first-order chi connectivity index (χ1) is 14.2. The van der Waals surface area contributed by atoms with E-state index in [1.807, 2.05) is 42.5 Å². The number of hydrogen-bond donors (Lipinski definition) is 0. The summed E-state index contributed by atoms with van der Waals surface area (Å²) >= 11 is 7.39. The summed E-state index contributed by atoms with van der Waals surface area (Å²) in [5.74, 6) is 3.42. The van der Waals surface area contributed by atoms with E-state index >= 15 is 0 Å². The maximum Gasteiger partial charge on any atom is 0.146 e. The summed E-state index contributed by atoms with van der Waals surface area (Å²) in [6, 6.07) is 29.0. The Hall–Kier alpha value is -2.56. The predicted molar refractivity (Wildman–Crippen MR) is 120 cm³/mol. The summed E-state index contributed by atoms with van der Waals surface area (Å²) in [5, 5.41) is 0. The van der Waals surface area contributed by atoms with Crippen LogP contribution in [0.1, 0.15) is 22.3 Å². The Morgan fingerprint density at radius 2 is 1.17 bits per heavy atom. The van der Waals surface area contributed by atoms with Crippen molar-refractivity contribution in [2.24, 2.45) is 0 Å². The molecule has 0 fully saturated rings. The van der Waals surface area contributed by atoms with Gasteiger partial charge in [-0.25, -0.2) is 0 Å². The summed E-state index contributed by atoms with van der Waals surface area (Å²) in [6.07, 6.45) is 0. The standard InChI is InChI=1S/C25H14Br2O2/c26-15-12-13-23-19(14-15)25(18-8-5-9-20(27)24(18)29-23)16-6-1-3-10-21(16)28-22-11-4-2-7-17(22)25/h1-14H. The van der Waals surface area contributed by atoms with Gasteiger partial charge in [0.25, 0.3) is 0 Å². The second-order valence-electron chi connectivity index (χ2n) is 7.20. The maximum absolute atomic E-state index is 6.41. The van der Waals surface area contributed by atoms with Crippen LogP contribution in [0.25, 0.3) is 0 Å². The molecule has 29 heavy (non-hydrogen) atoms. The molecule has 2 nitrogen and oxygen atoms in total. The van der Waals surface area contributed by atoms with Crippen molar-refractivity contribution in [2.75, 3.05) is 0 Å². The first kappa shape index (κ1) is 17.3. The Morgan fingerprint density at radius 3 is 1.90 bits per heavy atom. The van der Waals surface area contributed by atoms with Gasteiger partial charge < -0.3 is 9.47 Å². The van der Waals surface area contributed by atoms with Gasteiger partial charge in [-0.2, -0.15) is 0 Å². The molecule has 4 aromatic carbocycles. The molecule has 0 saturated carbocycles. The molecule has 0 atom stereocenters. The number of halogens is 2. The third-order valence-corrected chi connectivity index (χ3v) is 6.85. The van der Waals surface area contributed by atoms with Crippen LogP contribution in [-0.2, 0) is 5.41 Å². The molecular weight excluding hydrogens is 492 g/mol. The number of benzene rings is 4. The van der Waals surface area contributed by atoms with Gasteiger partial charge >= 0.3 is 0 Å². The van der Waals surface area contributed by atoms with Gasteiger partial charge in [0, 0.05) is 26.7 Å². The van der Waals surface area contributed by atoms with E-state index in [0.717, 1.165) is 54.2 Å². The molecule has 6 rings (SSSR count). The van der Waals surface area contributed by atoms with E-state index in [4.69, 9.17) is 9.47 Å². The summed E-state index contributed by atoms with van der Waals surface area (Å²) in [7, 11) is 0. The summed E-state index contributed by atoms with van der Waals surface area (Å²) < 4.78 is 14.7. The zero-order valence-electron chi connectivity index (χ0n) is 15.2. The van der Waals surface area contributed by atoms with Gasteiger partial charge in [-0.1, -0.05) is 64.5 Å². The molecule has 0 amide bonds. The third kappa shape index (κ3) is 2.27. The molecule has 2 heterocycles. The first-order valence-corrected chi connectivity index (χ1v) is 10.9. The smallest absolute Gasteiger partial charge is 0.146 e. The molecule has 0 saturated heterocycles. The van der Waals surface area contributed by atoms with Crippen LogP contribution < -0.4 is 9.47 Å². The molecule has 2 aliphatic rings. The Balaban J connectivity index is 1.86. The summed E-state index contributed by atoms with van der Waals surface area (Å²) in [4.78, 5) is 0. The fourth-order valence-corrected chi connectivity index (χ4v) is 5.43. The Kier molecular flexibility index (Phi) is 3.71. The minimum Gasteiger partial charge on any atom is -0.457 e. The van der Waals surface area contributed by atoms with Gasteiger partial charge in [-0.3, -0.25) is 0 Å². The van der Waals surface area contributed by atoms with Gasteiger partial charge in [-0.15, -0.1) is 0 Å². The van der Waals surface area contributed by atoms with Crippen molar-refractivity contribution in [1.29, 1.82) is 0 Å². The van der Waals surface area contributed by atoms with E-state index in [1.165, 1.54) is 0 Å². The lowest BCUT2D eigenvalue weighted by atomic mass is 9.62. The normalized spacial score (nSPS) is 14.7. The molecule has 2 aliphatic heterocycles. The second-order valence-corrected chi connectivity index (χ2v) is 8.97. The monoisotopic (exact) mass is 504 g/mol. The summed E-state index contributed by atoms with van der Waals surface area (Å²) in [5.41, 5.74) is 3.88. The van der Waals surface area contributed by atoms with E-state index in [2.05, 4.69) is 74.3 Å². The zero-order valence-corrected chi connectivity index (χ0v) is 18.3. The van der Waals surface area contributed by atoms with Gasteiger partial charge in [0.05, 0.1) is 9.89 Å². The fourth-order valence-electron chi connectivity index (χ4n) is 4.62. The second kappa shape index (κ2) is 6.22. The Morgan fingerprint density at radius 1 is 0.552 bits per heavy atom. The fraction of sp³-hybridized carbons (Fsp3) is 0.0400. The highest BCUT2D eigenvalue weighted by Gasteiger charge is 2.50. The van der Waals surface area contributed by atoms with Crippen molar-refractivity contribution in [3.8, 4) is 23.0 Å². The lowest BCUT2D eigenvalue weighted by Gasteiger charge is -2.45. The molecule has 1 spiro atoms. The van der Waals surface area contributed by atoms with Crippen molar-refractivity contribution >= 4 is 31.9 Å². The van der Waals surface area contributed by atoms with Crippen molar-refractivity contribution < 1.29 is 9.47 Å². The van der Waals surface area contributed by atoms with Crippen LogP contribution in [0.4, 0.5) is 0 Å². The minimum atomic E-state index is -0.540. The number of para-hydroxylation sites is 3. The molecule has 0 N–H and O–H groups in total.